The van der Waals surface area contributed by atoms with Crippen LogP contribution in [-0.4, -0.2) is 46.4 Å². The highest BCUT2D eigenvalue weighted by Gasteiger charge is 2.36. The predicted octanol–water partition coefficient (Wildman–Crippen LogP) is 1.63. The van der Waals surface area contributed by atoms with Crippen molar-refractivity contribution >= 4 is 5.91 Å². The zero-order valence-electron chi connectivity index (χ0n) is 13.1. The van der Waals surface area contributed by atoms with Crippen LogP contribution in [0.25, 0.3) is 0 Å². The normalized spacial score (nSPS) is 22.0. The molecule has 1 fully saturated rings. The summed E-state index contributed by atoms with van der Waals surface area (Å²) in [6, 6.07) is 8.77. The lowest BCUT2D eigenvalue weighted by atomic mass is 10.0. The second kappa shape index (κ2) is 6.13. The minimum atomic E-state index is -0.525. The van der Waals surface area contributed by atoms with E-state index in [0.29, 0.717) is 36.4 Å². The van der Waals surface area contributed by atoms with E-state index in [2.05, 4.69) is 4.98 Å². The van der Waals surface area contributed by atoms with E-state index in [9.17, 15) is 9.90 Å². The molecule has 0 spiro atoms. The summed E-state index contributed by atoms with van der Waals surface area (Å²) in [4.78, 5) is 18.7. The number of carbonyl (C=O) groups excluding carboxylic acids is 1. The fraction of sp³-hybridized carbons (Fsp3) is 0.333. The van der Waals surface area contributed by atoms with Crippen molar-refractivity contribution in [1.29, 1.82) is 0 Å². The number of carbonyl (C=O) groups is 1. The monoisotopic (exact) mass is 326 g/mol. The van der Waals surface area contributed by atoms with Crippen LogP contribution < -0.4 is 9.47 Å². The van der Waals surface area contributed by atoms with E-state index < -0.39 is 6.10 Å². The number of aliphatic hydroxyl groups is 1. The van der Waals surface area contributed by atoms with E-state index in [4.69, 9.17) is 9.47 Å². The molecule has 0 bridgehead atoms. The molecule has 24 heavy (non-hydrogen) atoms. The summed E-state index contributed by atoms with van der Waals surface area (Å²) < 4.78 is 10.6. The van der Waals surface area contributed by atoms with Crippen molar-refractivity contribution in [3.63, 3.8) is 0 Å². The SMILES string of the molecule is O=C(c1ccc2c(c1)OCO2)N1CC[C@H](O)[C@@H]1Cc1cccnc1. The Bertz CT molecular complexity index is 750. The first-order valence-corrected chi connectivity index (χ1v) is 8.00. The fourth-order valence-electron chi connectivity index (χ4n) is 3.29. The van der Waals surface area contributed by atoms with Gasteiger partial charge in [-0.3, -0.25) is 9.78 Å². The Hall–Kier alpha value is -2.60. The standard InChI is InChI=1S/C18H18N2O4/c21-15-5-7-20(14(15)8-12-2-1-6-19-10-12)18(22)13-3-4-16-17(9-13)24-11-23-16/h1-4,6,9-10,14-15,21H,5,7-8,11H2/t14-,15-/m0/s1. The number of likely N-dealkylation sites (tertiary alicyclic amines) is 1. The van der Waals surface area contributed by atoms with E-state index in [1.807, 2.05) is 12.1 Å². The zero-order chi connectivity index (χ0) is 16.5. The molecular weight excluding hydrogens is 308 g/mol. The van der Waals surface area contributed by atoms with E-state index in [0.717, 1.165) is 5.56 Å². The van der Waals surface area contributed by atoms with Crippen molar-refractivity contribution < 1.29 is 19.4 Å². The van der Waals surface area contributed by atoms with E-state index >= 15 is 0 Å². The number of benzene rings is 1. The highest BCUT2D eigenvalue weighted by molar-refractivity contribution is 5.95. The van der Waals surface area contributed by atoms with Crippen LogP contribution >= 0.6 is 0 Å². The third kappa shape index (κ3) is 2.69. The van der Waals surface area contributed by atoms with Gasteiger partial charge in [-0.1, -0.05) is 6.07 Å². The first-order chi connectivity index (χ1) is 11.7. The largest absolute Gasteiger partial charge is 0.454 e. The van der Waals surface area contributed by atoms with Gasteiger partial charge in [-0.15, -0.1) is 0 Å². The average molecular weight is 326 g/mol. The van der Waals surface area contributed by atoms with Crippen LogP contribution in [0.4, 0.5) is 0 Å². The van der Waals surface area contributed by atoms with Gasteiger partial charge in [-0.05, 0) is 42.7 Å². The number of pyridine rings is 1. The Morgan fingerprint density at radius 3 is 3.00 bits per heavy atom. The Balaban J connectivity index is 1.56. The lowest BCUT2D eigenvalue weighted by Gasteiger charge is -2.26. The highest BCUT2D eigenvalue weighted by Crippen LogP contribution is 2.33. The highest BCUT2D eigenvalue weighted by atomic mass is 16.7. The molecule has 1 aromatic carbocycles. The molecule has 0 aliphatic carbocycles. The van der Waals surface area contributed by atoms with Crippen LogP contribution in [0.3, 0.4) is 0 Å². The fourth-order valence-corrected chi connectivity index (χ4v) is 3.29. The van der Waals surface area contributed by atoms with Gasteiger partial charge < -0.3 is 19.5 Å². The number of hydrogen-bond acceptors (Lipinski definition) is 5. The van der Waals surface area contributed by atoms with Crippen molar-refractivity contribution in [2.75, 3.05) is 13.3 Å². The Kier molecular flexibility index (Phi) is 3.82. The second-order valence-corrected chi connectivity index (χ2v) is 6.06. The molecule has 124 valence electrons. The zero-order valence-corrected chi connectivity index (χ0v) is 13.1. The Labute approximate surface area is 139 Å². The van der Waals surface area contributed by atoms with Crippen LogP contribution in [0.5, 0.6) is 11.5 Å². The third-order valence-corrected chi connectivity index (χ3v) is 4.56. The number of aromatic nitrogens is 1. The van der Waals surface area contributed by atoms with Gasteiger partial charge in [-0.2, -0.15) is 0 Å². The maximum absolute atomic E-state index is 12.9. The number of rotatable bonds is 3. The quantitative estimate of drug-likeness (QED) is 0.928. The molecule has 3 heterocycles. The van der Waals surface area contributed by atoms with Crippen molar-refractivity contribution in [3.8, 4) is 11.5 Å². The average Bonchev–Trinajstić information content (AvgIpc) is 3.22. The maximum atomic E-state index is 12.9. The summed E-state index contributed by atoms with van der Waals surface area (Å²) in [6.45, 7) is 0.721. The molecular formula is C18H18N2O4. The molecule has 4 rings (SSSR count). The first kappa shape index (κ1) is 15.0. The molecule has 2 atom stereocenters. The number of hydrogen-bond donors (Lipinski definition) is 1. The van der Waals surface area contributed by atoms with Crippen molar-refractivity contribution in [2.45, 2.75) is 25.0 Å². The number of fused-ring (bicyclic) bond motifs is 1. The molecule has 6 heteroatoms. The van der Waals surface area contributed by atoms with Gasteiger partial charge in [0.05, 0.1) is 12.1 Å². The van der Waals surface area contributed by atoms with Crippen LogP contribution in [0.2, 0.25) is 0 Å². The van der Waals surface area contributed by atoms with Crippen LogP contribution in [0.1, 0.15) is 22.3 Å². The van der Waals surface area contributed by atoms with Gasteiger partial charge in [0.25, 0.3) is 5.91 Å². The number of nitrogens with zero attached hydrogens (tertiary/aromatic N) is 2. The molecule has 0 radical (unpaired) electrons. The number of aliphatic hydroxyl groups excluding tert-OH is 1. The molecule has 0 unspecified atom stereocenters. The van der Waals surface area contributed by atoms with Gasteiger partial charge in [0, 0.05) is 24.5 Å². The minimum Gasteiger partial charge on any atom is -0.454 e. The second-order valence-electron chi connectivity index (χ2n) is 6.06. The predicted molar refractivity (Wildman–Crippen MR) is 86.0 cm³/mol. The Morgan fingerprint density at radius 1 is 1.29 bits per heavy atom. The van der Waals surface area contributed by atoms with Gasteiger partial charge >= 0.3 is 0 Å². The third-order valence-electron chi connectivity index (χ3n) is 4.56. The van der Waals surface area contributed by atoms with Gasteiger partial charge in [-0.25, -0.2) is 0 Å². The Morgan fingerprint density at radius 2 is 2.17 bits per heavy atom. The van der Waals surface area contributed by atoms with E-state index in [1.54, 1.807) is 35.5 Å². The van der Waals surface area contributed by atoms with Crippen LogP contribution in [-0.2, 0) is 6.42 Å². The maximum Gasteiger partial charge on any atom is 0.254 e. The van der Waals surface area contributed by atoms with E-state index in [1.165, 1.54) is 0 Å². The lowest BCUT2D eigenvalue weighted by molar-refractivity contribution is 0.0639. The molecule has 2 aromatic rings. The summed E-state index contributed by atoms with van der Waals surface area (Å²) in [6.07, 6.45) is 4.13. The summed E-state index contributed by atoms with van der Waals surface area (Å²) in [7, 11) is 0. The van der Waals surface area contributed by atoms with Gasteiger partial charge in [0.2, 0.25) is 6.79 Å². The van der Waals surface area contributed by atoms with Crippen LogP contribution in [0, 0.1) is 0 Å². The topological polar surface area (TPSA) is 71.9 Å². The number of amides is 1. The number of ether oxygens (including phenoxy) is 2. The van der Waals surface area contributed by atoms with Crippen molar-refractivity contribution in [3.05, 3.63) is 53.9 Å². The summed E-state index contributed by atoms with van der Waals surface area (Å²) in [5.74, 6) is 1.14. The molecule has 1 amide bonds. The van der Waals surface area contributed by atoms with Crippen molar-refractivity contribution in [2.24, 2.45) is 0 Å². The smallest absolute Gasteiger partial charge is 0.254 e. The van der Waals surface area contributed by atoms with Crippen molar-refractivity contribution in [1.82, 2.24) is 9.88 Å². The van der Waals surface area contributed by atoms with Crippen LogP contribution in [0.15, 0.2) is 42.7 Å². The lowest BCUT2D eigenvalue weighted by Crippen LogP contribution is -2.41. The van der Waals surface area contributed by atoms with E-state index in [-0.39, 0.29) is 18.7 Å². The summed E-state index contributed by atoms with van der Waals surface area (Å²) in [5, 5.41) is 10.3. The minimum absolute atomic E-state index is 0.0984. The molecule has 0 saturated carbocycles. The molecule has 1 saturated heterocycles. The first-order valence-electron chi connectivity index (χ1n) is 8.00. The van der Waals surface area contributed by atoms with Gasteiger partial charge in [0.1, 0.15) is 0 Å². The molecule has 2 aliphatic rings. The molecule has 2 aliphatic heterocycles. The molecule has 1 N–H and O–H groups in total. The molecule has 6 nitrogen and oxygen atoms in total. The van der Waals surface area contributed by atoms with Gasteiger partial charge in [0.15, 0.2) is 11.5 Å². The summed E-state index contributed by atoms with van der Waals surface area (Å²) >= 11 is 0. The summed E-state index contributed by atoms with van der Waals surface area (Å²) in [5.41, 5.74) is 1.55. The molecule has 1 aromatic heterocycles.